The van der Waals surface area contributed by atoms with Gasteiger partial charge in [-0.2, -0.15) is 13.2 Å². The molecule has 0 saturated heterocycles. The number of nitrogens with zero attached hydrogens (tertiary/aromatic N) is 1. The number of nitrogens with two attached hydrogens (primary N) is 1. The van der Waals surface area contributed by atoms with E-state index in [1.165, 1.54) is 18.2 Å². The molecular formula is C10H7F3N2O3. The molecule has 1 heterocycles. The largest absolute Gasteiger partial charge is 0.483 e. The maximum Gasteiger partial charge on any atom is 0.422 e. The summed E-state index contributed by atoms with van der Waals surface area (Å²) in [6, 6.07) is 4.14. The number of hydrogen-bond donors (Lipinski definition) is 1. The third-order valence-corrected chi connectivity index (χ3v) is 2.08. The van der Waals surface area contributed by atoms with Crippen LogP contribution in [0.4, 0.5) is 13.2 Å². The van der Waals surface area contributed by atoms with Crippen molar-refractivity contribution in [2.45, 2.75) is 6.18 Å². The van der Waals surface area contributed by atoms with Gasteiger partial charge in [-0.05, 0) is 12.1 Å². The third kappa shape index (κ3) is 2.36. The Hall–Kier alpha value is -2.25. The van der Waals surface area contributed by atoms with Gasteiger partial charge >= 0.3 is 6.18 Å². The van der Waals surface area contributed by atoms with E-state index in [1.54, 1.807) is 0 Å². The molecule has 0 aliphatic carbocycles. The van der Waals surface area contributed by atoms with Crippen molar-refractivity contribution >= 4 is 16.9 Å². The van der Waals surface area contributed by atoms with Gasteiger partial charge in [0, 0.05) is 0 Å². The van der Waals surface area contributed by atoms with Gasteiger partial charge in [0.05, 0.1) is 5.39 Å². The van der Waals surface area contributed by atoms with Crippen molar-refractivity contribution < 1.29 is 27.2 Å². The Kier molecular flexibility index (Phi) is 2.85. The lowest BCUT2D eigenvalue weighted by Gasteiger charge is -2.09. The standard InChI is InChI=1S/C10H7F3N2O3/c11-10(12,13)4-17-5-2-1-3-6-7(5)8(9(14)16)15-18-6/h1-3H,4H2,(H2,14,16). The molecule has 0 aliphatic rings. The normalized spacial score (nSPS) is 11.7. The van der Waals surface area contributed by atoms with E-state index in [9.17, 15) is 18.0 Å². The lowest BCUT2D eigenvalue weighted by Crippen LogP contribution is -2.19. The topological polar surface area (TPSA) is 78.4 Å². The quantitative estimate of drug-likeness (QED) is 0.913. The van der Waals surface area contributed by atoms with E-state index < -0.39 is 18.7 Å². The summed E-state index contributed by atoms with van der Waals surface area (Å²) in [6.07, 6.45) is -4.48. The van der Waals surface area contributed by atoms with Crippen LogP contribution in [0.1, 0.15) is 10.5 Å². The lowest BCUT2D eigenvalue weighted by atomic mass is 10.2. The molecule has 0 unspecified atom stereocenters. The molecule has 2 N–H and O–H groups in total. The number of amides is 1. The molecule has 5 nitrogen and oxygen atoms in total. The number of fused-ring (bicyclic) bond motifs is 1. The first-order valence-electron chi connectivity index (χ1n) is 4.76. The minimum absolute atomic E-state index is 0.0363. The van der Waals surface area contributed by atoms with Gasteiger partial charge in [0.2, 0.25) is 0 Å². The predicted octanol–water partition coefficient (Wildman–Crippen LogP) is 1.87. The first-order valence-corrected chi connectivity index (χ1v) is 4.76. The van der Waals surface area contributed by atoms with Gasteiger partial charge in [-0.15, -0.1) is 0 Å². The van der Waals surface area contributed by atoms with Gasteiger partial charge in [-0.3, -0.25) is 4.79 Å². The number of benzene rings is 1. The second kappa shape index (κ2) is 4.21. The SMILES string of the molecule is NC(=O)c1noc2cccc(OCC(F)(F)F)c12. The average Bonchev–Trinajstić information content (AvgIpc) is 2.69. The highest BCUT2D eigenvalue weighted by atomic mass is 19.4. The molecule has 2 rings (SSSR count). The molecule has 0 aliphatic heterocycles. The zero-order chi connectivity index (χ0) is 13.3. The number of ether oxygens (including phenoxy) is 1. The Morgan fingerprint density at radius 1 is 1.44 bits per heavy atom. The number of carbonyl (C=O) groups excluding carboxylic acids is 1. The van der Waals surface area contributed by atoms with Gasteiger partial charge < -0.3 is 15.0 Å². The van der Waals surface area contributed by atoms with E-state index in [2.05, 4.69) is 9.89 Å². The van der Waals surface area contributed by atoms with Crippen LogP contribution in [0.15, 0.2) is 22.7 Å². The molecule has 1 aromatic heterocycles. The number of hydrogen-bond acceptors (Lipinski definition) is 4. The Morgan fingerprint density at radius 3 is 2.78 bits per heavy atom. The first-order chi connectivity index (χ1) is 8.38. The van der Waals surface area contributed by atoms with Crippen molar-refractivity contribution in [3.63, 3.8) is 0 Å². The van der Waals surface area contributed by atoms with Crippen molar-refractivity contribution in [2.24, 2.45) is 5.73 Å². The zero-order valence-corrected chi connectivity index (χ0v) is 8.82. The molecule has 18 heavy (non-hydrogen) atoms. The Morgan fingerprint density at radius 2 is 2.17 bits per heavy atom. The molecule has 1 amide bonds. The molecule has 0 saturated carbocycles. The maximum absolute atomic E-state index is 12.1. The van der Waals surface area contributed by atoms with E-state index in [0.717, 1.165) is 0 Å². The second-order valence-corrected chi connectivity index (χ2v) is 3.43. The van der Waals surface area contributed by atoms with Crippen molar-refractivity contribution in [3.05, 3.63) is 23.9 Å². The lowest BCUT2D eigenvalue weighted by molar-refractivity contribution is -0.153. The van der Waals surface area contributed by atoms with Gasteiger partial charge in [-0.25, -0.2) is 0 Å². The molecule has 0 atom stereocenters. The second-order valence-electron chi connectivity index (χ2n) is 3.43. The maximum atomic E-state index is 12.1. The highest BCUT2D eigenvalue weighted by Crippen LogP contribution is 2.30. The van der Waals surface area contributed by atoms with Crippen molar-refractivity contribution in [1.82, 2.24) is 5.16 Å². The average molecular weight is 260 g/mol. The van der Waals surface area contributed by atoms with E-state index >= 15 is 0 Å². The summed E-state index contributed by atoms with van der Waals surface area (Å²) < 4.78 is 45.6. The molecule has 2 aromatic rings. The molecular weight excluding hydrogens is 253 g/mol. The number of aromatic nitrogens is 1. The van der Waals surface area contributed by atoms with Crippen LogP contribution < -0.4 is 10.5 Å². The summed E-state index contributed by atoms with van der Waals surface area (Å²) in [5.74, 6) is -1.06. The van der Waals surface area contributed by atoms with E-state index in [4.69, 9.17) is 10.3 Å². The van der Waals surface area contributed by atoms with Crippen molar-refractivity contribution in [3.8, 4) is 5.75 Å². The Balaban J connectivity index is 2.43. The van der Waals surface area contributed by atoms with E-state index in [0.29, 0.717) is 0 Å². The van der Waals surface area contributed by atoms with Crippen LogP contribution in [0.3, 0.4) is 0 Å². The molecule has 0 spiro atoms. The van der Waals surface area contributed by atoms with Crippen LogP contribution in [0.25, 0.3) is 11.0 Å². The van der Waals surface area contributed by atoms with E-state index in [1.807, 2.05) is 0 Å². The Bertz CT molecular complexity index is 592. The first kappa shape index (κ1) is 12.2. The minimum Gasteiger partial charge on any atom is -0.483 e. The van der Waals surface area contributed by atoms with Gasteiger partial charge in [0.1, 0.15) is 5.75 Å². The van der Waals surface area contributed by atoms with E-state index in [-0.39, 0.29) is 22.4 Å². The molecule has 0 bridgehead atoms. The third-order valence-electron chi connectivity index (χ3n) is 2.08. The number of rotatable bonds is 3. The van der Waals surface area contributed by atoms with Crippen LogP contribution in [-0.2, 0) is 0 Å². The number of primary amides is 1. The number of alkyl halides is 3. The molecule has 96 valence electrons. The van der Waals surface area contributed by atoms with Crippen molar-refractivity contribution in [2.75, 3.05) is 6.61 Å². The van der Waals surface area contributed by atoms with Crippen LogP contribution in [0.5, 0.6) is 5.75 Å². The summed E-state index contributed by atoms with van der Waals surface area (Å²) in [5.41, 5.74) is 4.90. The van der Waals surface area contributed by atoms with Crippen LogP contribution in [0, 0.1) is 0 Å². The monoisotopic (exact) mass is 260 g/mol. The highest BCUT2D eigenvalue weighted by Gasteiger charge is 2.29. The zero-order valence-electron chi connectivity index (χ0n) is 8.82. The number of carbonyl (C=O) groups is 1. The van der Waals surface area contributed by atoms with Gasteiger partial charge in [0.15, 0.2) is 17.9 Å². The summed E-state index contributed by atoms with van der Waals surface area (Å²) in [5, 5.41) is 3.43. The smallest absolute Gasteiger partial charge is 0.422 e. The predicted molar refractivity (Wildman–Crippen MR) is 54.1 cm³/mol. The van der Waals surface area contributed by atoms with Gasteiger partial charge in [-0.1, -0.05) is 11.2 Å². The summed E-state index contributed by atoms with van der Waals surface area (Å²) >= 11 is 0. The summed E-state index contributed by atoms with van der Waals surface area (Å²) in [4.78, 5) is 11.1. The fourth-order valence-corrected chi connectivity index (χ4v) is 1.41. The Labute approximate surface area is 98.3 Å². The fraction of sp³-hybridized carbons (Fsp3) is 0.200. The molecule has 1 aromatic carbocycles. The van der Waals surface area contributed by atoms with Crippen LogP contribution in [0.2, 0.25) is 0 Å². The molecule has 8 heteroatoms. The minimum atomic E-state index is -4.48. The summed E-state index contributed by atoms with van der Waals surface area (Å²) in [6.45, 7) is -1.48. The van der Waals surface area contributed by atoms with Crippen molar-refractivity contribution in [1.29, 1.82) is 0 Å². The van der Waals surface area contributed by atoms with Crippen LogP contribution in [-0.4, -0.2) is 23.8 Å². The molecule has 0 radical (unpaired) electrons. The van der Waals surface area contributed by atoms with Crippen LogP contribution >= 0.6 is 0 Å². The fourth-order valence-electron chi connectivity index (χ4n) is 1.41. The highest BCUT2D eigenvalue weighted by molar-refractivity contribution is 6.05. The molecule has 0 fully saturated rings. The summed E-state index contributed by atoms with van der Waals surface area (Å²) in [7, 11) is 0. The van der Waals surface area contributed by atoms with Gasteiger partial charge in [0.25, 0.3) is 5.91 Å². The number of halogens is 3.